The third-order valence-corrected chi connectivity index (χ3v) is 5.15. The van der Waals surface area contributed by atoms with Crippen molar-refractivity contribution in [2.75, 3.05) is 0 Å². The Kier molecular flexibility index (Phi) is 3.88. The molecule has 2 fully saturated rings. The van der Waals surface area contributed by atoms with Crippen LogP contribution in [0.2, 0.25) is 5.02 Å². The van der Waals surface area contributed by atoms with Gasteiger partial charge in [0.2, 0.25) is 5.91 Å². The SMILES string of the molecule is C[C@@H](N)C(=O)N1[C@H](c2cccc(Cl)c2)CC[C@@H]1C1(C#N)CC1. The number of nitrogens with two attached hydrogens (primary N) is 1. The second-order valence-electron chi connectivity index (χ2n) is 6.47. The number of benzene rings is 1. The zero-order valence-electron chi connectivity index (χ0n) is 12.6. The second kappa shape index (κ2) is 5.57. The summed E-state index contributed by atoms with van der Waals surface area (Å²) in [5.41, 5.74) is 6.52. The molecule has 1 aliphatic carbocycles. The molecule has 1 aromatic rings. The molecular formula is C17H20ClN3O. The summed E-state index contributed by atoms with van der Waals surface area (Å²) in [4.78, 5) is 14.5. The van der Waals surface area contributed by atoms with E-state index in [1.54, 1.807) is 6.92 Å². The van der Waals surface area contributed by atoms with Crippen LogP contribution in [-0.2, 0) is 4.79 Å². The van der Waals surface area contributed by atoms with Gasteiger partial charge in [0.25, 0.3) is 0 Å². The van der Waals surface area contributed by atoms with Crippen molar-refractivity contribution in [3.8, 4) is 6.07 Å². The van der Waals surface area contributed by atoms with Crippen LogP contribution in [-0.4, -0.2) is 22.9 Å². The van der Waals surface area contributed by atoms with E-state index < -0.39 is 6.04 Å². The Morgan fingerprint density at radius 3 is 2.77 bits per heavy atom. The summed E-state index contributed by atoms with van der Waals surface area (Å²) in [7, 11) is 0. The minimum absolute atomic E-state index is 0.0278. The van der Waals surface area contributed by atoms with Gasteiger partial charge in [0.05, 0.1) is 29.6 Å². The summed E-state index contributed by atoms with van der Waals surface area (Å²) in [5.74, 6) is -0.0750. The molecule has 0 aromatic heterocycles. The van der Waals surface area contributed by atoms with Gasteiger partial charge in [-0.2, -0.15) is 5.26 Å². The predicted octanol–water partition coefficient (Wildman–Crippen LogP) is 3.02. The lowest BCUT2D eigenvalue weighted by molar-refractivity contribution is -0.136. The van der Waals surface area contributed by atoms with Crippen molar-refractivity contribution in [3.63, 3.8) is 0 Å². The predicted molar refractivity (Wildman–Crippen MR) is 85.0 cm³/mol. The van der Waals surface area contributed by atoms with Crippen LogP contribution in [0.5, 0.6) is 0 Å². The second-order valence-corrected chi connectivity index (χ2v) is 6.90. The first kappa shape index (κ1) is 15.3. The van der Waals surface area contributed by atoms with Gasteiger partial charge >= 0.3 is 0 Å². The molecule has 3 atom stereocenters. The van der Waals surface area contributed by atoms with Crippen molar-refractivity contribution in [2.24, 2.45) is 11.1 Å². The van der Waals surface area contributed by atoms with Crippen LogP contribution in [0.25, 0.3) is 0 Å². The molecule has 1 heterocycles. The maximum Gasteiger partial charge on any atom is 0.240 e. The number of hydrogen-bond acceptors (Lipinski definition) is 3. The van der Waals surface area contributed by atoms with Crippen molar-refractivity contribution in [2.45, 2.75) is 50.7 Å². The van der Waals surface area contributed by atoms with Gasteiger partial charge in [0.1, 0.15) is 0 Å². The van der Waals surface area contributed by atoms with Crippen LogP contribution in [0.4, 0.5) is 0 Å². The van der Waals surface area contributed by atoms with Gasteiger partial charge in [-0.25, -0.2) is 0 Å². The summed E-state index contributed by atoms with van der Waals surface area (Å²) in [6.45, 7) is 1.71. The molecule has 0 spiro atoms. The Labute approximate surface area is 135 Å². The van der Waals surface area contributed by atoms with E-state index in [2.05, 4.69) is 6.07 Å². The minimum Gasteiger partial charge on any atom is -0.330 e. The van der Waals surface area contributed by atoms with E-state index in [9.17, 15) is 10.1 Å². The number of carbonyl (C=O) groups is 1. The van der Waals surface area contributed by atoms with Gasteiger partial charge in [-0.15, -0.1) is 0 Å². The lowest BCUT2D eigenvalue weighted by atomic mass is 9.95. The van der Waals surface area contributed by atoms with E-state index in [0.717, 1.165) is 31.2 Å². The maximum atomic E-state index is 12.7. The van der Waals surface area contributed by atoms with Crippen LogP contribution in [0.1, 0.15) is 44.2 Å². The molecule has 0 bridgehead atoms. The topological polar surface area (TPSA) is 70.1 Å². The van der Waals surface area contributed by atoms with Gasteiger partial charge in [0, 0.05) is 5.02 Å². The van der Waals surface area contributed by atoms with Gasteiger partial charge in [-0.05, 0) is 50.3 Å². The highest BCUT2D eigenvalue weighted by Crippen LogP contribution is 2.56. The summed E-state index contributed by atoms with van der Waals surface area (Å²) in [5, 5.41) is 10.2. The molecule has 1 saturated heterocycles. The third-order valence-electron chi connectivity index (χ3n) is 4.91. The van der Waals surface area contributed by atoms with E-state index in [1.165, 1.54) is 0 Å². The van der Waals surface area contributed by atoms with Crippen LogP contribution >= 0.6 is 11.6 Å². The number of likely N-dealkylation sites (tertiary alicyclic amines) is 1. The Balaban J connectivity index is 1.97. The fraction of sp³-hybridized carbons (Fsp3) is 0.529. The molecule has 2 aliphatic rings. The molecule has 22 heavy (non-hydrogen) atoms. The van der Waals surface area contributed by atoms with Crippen molar-refractivity contribution >= 4 is 17.5 Å². The Hall–Kier alpha value is -1.57. The molecule has 1 saturated carbocycles. The minimum atomic E-state index is -0.559. The van der Waals surface area contributed by atoms with E-state index in [1.807, 2.05) is 29.2 Å². The monoisotopic (exact) mass is 317 g/mol. The molecule has 0 unspecified atom stereocenters. The number of carbonyl (C=O) groups excluding carboxylic acids is 1. The largest absolute Gasteiger partial charge is 0.330 e. The summed E-state index contributed by atoms with van der Waals surface area (Å²) < 4.78 is 0. The zero-order chi connectivity index (χ0) is 15.9. The molecule has 3 rings (SSSR count). The summed E-state index contributed by atoms with van der Waals surface area (Å²) >= 11 is 6.10. The molecule has 1 aliphatic heterocycles. The van der Waals surface area contributed by atoms with Gasteiger partial charge in [-0.1, -0.05) is 23.7 Å². The number of halogens is 1. The standard InChI is InChI=1S/C17H20ClN3O/c1-11(20)16(22)21-14(12-3-2-4-13(18)9-12)5-6-15(21)17(10-19)7-8-17/h2-4,9,11,14-15H,5-8,20H2,1H3/t11-,14+,15-/m1/s1. The number of hydrogen-bond donors (Lipinski definition) is 1. The normalized spacial score (nSPS) is 27.3. The van der Waals surface area contributed by atoms with Crippen molar-refractivity contribution < 1.29 is 4.79 Å². The Morgan fingerprint density at radius 2 is 2.23 bits per heavy atom. The van der Waals surface area contributed by atoms with Crippen molar-refractivity contribution in [1.29, 1.82) is 5.26 Å². The summed E-state index contributed by atoms with van der Waals surface area (Å²) in [6, 6.07) is 9.44. The molecular weight excluding hydrogens is 298 g/mol. The third kappa shape index (κ3) is 2.49. The highest BCUT2D eigenvalue weighted by atomic mass is 35.5. The lowest BCUT2D eigenvalue weighted by Crippen LogP contribution is -2.48. The average Bonchev–Trinajstić information content (AvgIpc) is 3.17. The number of nitrogens with zero attached hydrogens (tertiary/aromatic N) is 2. The lowest BCUT2D eigenvalue weighted by Gasteiger charge is -2.34. The fourth-order valence-electron chi connectivity index (χ4n) is 3.59. The number of rotatable bonds is 3. The maximum absolute atomic E-state index is 12.7. The molecule has 1 amide bonds. The van der Waals surface area contributed by atoms with Gasteiger partial charge < -0.3 is 10.6 Å². The van der Waals surface area contributed by atoms with Crippen LogP contribution < -0.4 is 5.73 Å². The van der Waals surface area contributed by atoms with E-state index in [4.69, 9.17) is 17.3 Å². The number of amides is 1. The quantitative estimate of drug-likeness (QED) is 0.931. The first-order valence-corrected chi connectivity index (χ1v) is 8.11. The van der Waals surface area contributed by atoms with Gasteiger partial charge in [-0.3, -0.25) is 4.79 Å². The first-order valence-electron chi connectivity index (χ1n) is 7.73. The van der Waals surface area contributed by atoms with E-state index in [-0.39, 0.29) is 23.4 Å². The van der Waals surface area contributed by atoms with E-state index >= 15 is 0 Å². The van der Waals surface area contributed by atoms with Crippen molar-refractivity contribution in [1.82, 2.24) is 4.90 Å². The van der Waals surface area contributed by atoms with E-state index in [0.29, 0.717) is 5.02 Å². The summed E-state index contributed by atoms with van der Waals surface area (Å²) in [6.07, 6.45) is 3.45. The molecule has 5 heteroatoms. The molecule has 1 aromatic carbocycles. The average molecular weight is 318 g/mol. The smallest absolute Gasteiger partial charge is 0.240 e. The molecule has 116 valence electrons. The fourth-order valence-corrected chi connectivity index (χ4v) is 3.79. The molecule has 0 radical (unpaired) electrons. The highest BCUT2D eigenvalue weighted by molar-refractivity contribution is 6.30. The number of nitriles is 1. The Morgan fingerprint density at radius 1 is 1.50 bits per heavy atom. The Bertz CT molecular complexity index is 633. The van der Waals surface area contributed by atoms with Crippen LogP contribution in [0, 0.1) is 16.7 Å². The van der Waals surface area contributed by atoms with Crippen molar-refractivity contribution in [3.05, 3.63) is 34.9 Å². The zero-order valence-corrected chi connectivity index (χ0v) is 13.4. The molecule has 4 nitrogen and oxygen atoms in total. The highest BCUT2D eigenvalue weighted by Gasteiger charge is 2.57. The van der Waals surface area contributed by atoms with Crippen LogP contribution in [0.15, 0.2) is 24.3 Å². The van der Waals surface area contributed by atoms with Gasteiger partial charge in [0.15, 0.2) is 0 Å². The van der Waals surface area contributed by atoms with Crippen LogP contribution in [0.3, 0.4) is 0 Å². The molecule has 2 N–H and O–H groups in total. The first-order chi connectivity index (χ1) is 10.5.